The van der Waals surface area contributed by atoms with Crippen LogP contribution in [-0.4, -0.2) is 36.7 Å². The number of halogens is 1. The zero-order valence-electron chi connectivity index (χ0n) is 13.2. The van der Waals surface area contributed by atoms with Crippen molar-refractivity contribution >= 4 is 27.9 Å². The van der Waals surface area contributed by atoms with Crippen molar-refractivity contribution in [2.45, 2.75) is 6.92 Å². The fraction of sp³-hybridized carbons (Fsp3) is 0.200. The predicted octanol–water partition coefficient (Wildman–Crippen LogP) is 3.22. The van der Waals surface area contributed by atoms with Crippen LogP contribution in [0.25, 0.3) is 26.9 Å². The number of hydrogen-bond donors (Lipinski definition) is 0. The largest absolute Gasteiger partial charge is 0.495 e. The van der Waals surface area contributed by atoms with E-state index in [0.29, 0.717) is 16.6 Å². The maximum atomic E-state index is 6.21. The van der Waals surface area contributed by atoms with Crippen molar-refractivity contribution in [2.75, 3.05) is 7.11 Å². The molecule has 0 bridgehead atoms. The van der Waals surface area contributed by atoms with Crippen molar-refractivity contribution in [1.82, 2.24) is 29.6 Å². The van der Waals surface area contributed by atoms with Gasteiger partial charge in [-0.15, -0.1) is 10.2 Å². The number of fused-ring (bicyclic) bond motifs is 1. The molecule has 0 aliphatic carbocycles. The van der Waals surface area contributed by atoms with Gasteiger partial charge in [-0.05, 0) is 25.1 Å². The van der Waals surface area contributed by atoms with E-state index in [4.69, 9.17) is 16.3 Å². The summed E-state index contributed by atoms with van der Waals surface area (Å²) in [5.74, 6) is 1.31. The number of methoxy groups -OCH3 is 1. The molecule has 9 heteroatoms. The maximum absolute atomic E-state index is 6.21. The first kappa shape index (κ1) is 15.1. The van der Waals surface area contributed by atoms with E-state index in [9.17, 15) is 0 Å². The summed E-state index contributed by atoms with van der Waals surface area (Å²) in [5.41, 5.74) is 2.83. The minimum Gasteiger partial charge on any atom is -0.495 e. The molecule has 3 heterocycles. The molecule has 24 heavy (non-hydrogen) atoms. The monoisotopic (exact) mass is 360 g/mol. The van der Waals surface area contributed by atoms with E-state index in [0.717, 1.165) is 26.8 Å². The number of hydrogen-bond acceptors (Lipinski definition) is 6. The van der Waals surface area contributed by atoms with E-state index >= 15 is 0 Å². The Morgan fingerprint density at radius 1 is 1.25 bits per heavy atom. The first-order chi connectivity index (χ1) is 11.6. The number of benzene rings is 1. The SMILES string of the molecule is COc1ccc(-c2nn3c(-c4cnn(C)c4C)nnc3s2)cc1Cl. The normalized spacial score (nSPS) is 11.3. The lowest BCUT2D eigenvalue weighted by atomic mass is 10.2. The Balaban J connectivity index is 1.82. The fourth-order valence-electron chi connectivity index (χ4n) is 2.42. The Morgan fingerprint density at radius 2 is 2.08 bits per heavy atom. The minimum atomic E-state index is 0.546. The molecule has 0 saturated heterocycles. The third kappa shape index (κ3) is 2.26. The molecule has 0 aliphatic rings. The molecule has 0 atom stereocenters. The van der Waals surface area contributed by atoms with E-state index in [2.05, 4.69) is 20.4 Å². The van der Waals surface area contributed by atoms with Crippen LogP contribution < -0.4 is 4.74 Å². The molecule has 0 spiro atoms. The van der Waals surface area contributed by atoms with Gasteiger partial charge in [0.15, 0.2) is 5.82 Å². The van der Waals surface area contributed by atoms with Gasteiger partial charge in [0.25, 0.3) is 0 Å². The van der Waals surface area contributed by atoms with Crippen molar-refractivity contribution in [3.05, 3.63) is 35.1 Å². The van der Waals surface area contributed by atoms with Gasteiger partial charge in [0.2, 0.25) is 4.96 Å². The van der Waals surface area contributed by atoms with Crippen molar-refractivity contribution in [2.24, 2.45) is 7.05 Å². The van der Waals surface area contributed by atoms with Crippen molar-refractivity contribution in [3.8, 4) is 27.7 Å². The van der Waals surface area contributed by atoms with Gasteiger partial charge in [0.1, 0.15) is 10.8 Å². The molecule has 0 saturated carbocycles. The van der Waals surface area contributed by atoms with Crippen LogP contribution in [0.1, 0.15) is 5.69 Å². The summed E-state index contributed by atoms with van der Waals surface area (Å²) in [6.45, 7) is 1.99. The summed E-state index contributed by atoms with van der Waals surface area (Å²) in [5, 5.41) is 18.7. The first-order valence-electron chi connectivity index (χ1n) is 7.13. The van der Waals surface area contributed by atoms with Crippen molar-refractivity contribution in [3.63, 3.8) is 0 Å². The molecular formula is C15H13ClN6OS. The quantitative estimate of drug-likeness (QED) is 0.561. The molecule has 4 aromatic rings. The zero-order valence-corrected chi connectivity index (χ0v) is 14.8. The van der Waals surface area contributed by atoms with Gasteiger partial charge in [0, 0.05) is 18.3 Å². The molecule has 0 aliphatic heterocycles. The third-order valence-corrected chi connectivity index (χ3v) is 5.11. The summed E-state index contributed by atoms with van der Waals surface area (Å²) in [7, 11) is 3.48. The van der Waals surface area contributed by atoms with E-state index < -0.39 is 0 Å². The van der Waals surface area contributed by atoms with Crippen LogP contribution >= 0.6 is 22.9 Å². The number of rotatable bonds is 3. The standard InChI is InChI=1S/C15H13ClN6OS/c1-8-10(7-17-21(8)2)13-18-19-15-22(13)20-14(24-15)9-4-5-12(23-3)11(16)6-9/h4-7H,1-3H3. The lowest BCUT2D eigenvalue weighted by Gasteiger charge is -2.03. The number of aryl methyl sites for hydroxylation is 1. The average molecular weight is 361 g/mol. The number of ether oxygens (including phenoxy) is 1. The van der Waals surface area contributed by atoms with Gasteiger partial charge in [-0.25, -0.2) is 0 Å². The van der Waals surface area contributed by atoms with Gasteiger partial charge in [-0.2, -0.15) is 14.7 Å². The molecule has 3 aromatic heterocycles. The molecule has 0 N–H and O–H groups in total. The maximum Gasteiger partial charge on any atom is 0.235 e. The molecular weight excluding hydrogens is 348 g/mol. The Kier molecular flexibility index (Phi) is 3.50. The molecule has 1 aromatic carbocycles. The van der Waals surface area contributed by atoms with Crippen LogP contribution in [0, 0.1) is 6.92 Å². The zero-order chi connectivity index (χ0) is 16.8. The molecule has 122 valence electrons. The van der Waals surface area contributed by atoms with E-state index in [-0.39, 0.29) is 0 Å². The highest BCUT2D eigenvalue weighted by atomic mass is 35.5. The summed E-state index contributed by atoms with van der Waals surface area (Å²) >= 11 is 7.66. The van der Waals surface area contributed by atoms with Gasteiger partial charge >= 0.3 is 0 Å². The summed E-state index contributed by atoms with van der Waals surface area (Å²) in [4.78, 5) is 0.718. The molecule has 7 nitrogen and oxygen atoms in total. The Bertz CT molecular complexity index is 1050. The van der Waals surface area contributed by atoms with Crippen molar-refractivity contribution < 1.29 is 4.74 Å². The van der Waals surface area contributed by atoms with Crippen LogP contribution in [-0.2, 0) is 7.05 Å². The smallest absolute Gasteiger partial charge is 0.235 e. The second-order valence-corrected chi connectivity index (χ2v) is 6.60. The number of aromatic nitrogens is 6. The topological polar surface area (TPSA) is 70.1 Å². The van der Waals surface area contributed by atoms with Gasteiger partial charge in [-0.3, -0.25) is 4.68 Å². The van der Waals surface area contributed by atoms with Crippen LogP contribution in [0.5, 0.6) is 5.75 Å². The molecule has 0 amide bonds. The van der Waals surface area contributed by atoms with Gasteiger partial charge in [-0.1, -0.05) is 22.9 Å². The minimum absolute atomic E-state index is 0.546. The second kappa shape index (κ2) is 5.57. The first-order valence-corrected chi connectivity index (χ1v) is 8.33. The number of nitrogens with zero attached hydrogens (tertiary/aromatic N) is 6. The summed E-state index contributed by atoms with van der Waals surface area (Å²) in [6, 6.07) is 5.58. The van der Waals surface area contributed by atoms with Gasteiger partial charge in [0.05, 0.1) is 23.9 Å². The van der Waals surface area contributed by atoms with E-state index in [1.807, 2.05) is 32.2 Å². The molecule has 0 fully saturated rings. The fourth-order valence-corrected chi connectivity index (χ4v) is 3.51. The Morgan fingerprint density at radius 3 is 2.75 bits per heavy atom. The predicted molar refractivity (Wildman–Crippen MR) is 92.6 cm³/mol. The summed E-state index contributed by atoms with van der Waals surface area (Å²) in [6.07, 6.45) is 1.77. The Hall–Kier alpha value is -2.45. The summed E-state index contributed by atoms with van der Waals surface area (Å²) < 4.78 is 8.72. The highest BCUT2D eigenvalue weighted by molar-refractivity contribution is 7.19. The van der Waals surface area contributed by atoms with Crippen LogP contribution in [0.3, 0.4) is 0 Å². The van der Waals surface area contributed by atoms with Gasteiger partial charge < -0.3 is 4.74 Å². The van der Waals surface area contributed by atoms with Crippen molar-refractivity contribution in [1.29, 1.82) is 0 Å². The van der Waals surface area contributed by atoms with Crippen LogP contribution in [0.2, 0.25) is 5.02 Å². The lowest BCUT2D eigenvalue weighted by Crippen LogP contribution is -1.95. The molecule has 0 radical (unpaired) electrons. The van der Waals surface area contributed by atoms with E-state index in [1.54, 1.807) is 22.5 Å². The Labute approximate surface area is 146 Å². The average Bonchev–Trinajstić information content (AvgIpc) is 3.23. The molecule has 0 unspecified atom stereocenters. The molecule has 4 rings (SSSR count). The van der Waals surface area contributed by atoms with Crippen LogP contribution in [0.4, 0.5) is 0 Å². The van der Waals surface area contributed by atoms with E-state index in [1.165, 1.54) is 11.3 Å². The highest BCUT2D eigenvalue weighted by Crippen LogP contribution is 2.33. The second-order valence-electron chi connectivity index (χ2n) is 5.24. The lowest BCUT2D eigenvalue weighted by molar-refractivity contribution is 0.415. The highest BCUT2D eigenvalue weighted by Gasteiger charge is 2.18. The third-order valence-electron chi connectivity index (χ3n) is 3.87. The van der Waals surface area contributed by atoms with Crippen LogP contribution in [0.15, 0.2) is 24.4 Å².